The highest BCUT2D eigenvalue weighted by Gasteiger charge is 2.11. The molecule has 4 rings (SSSR count). The lowest BCUT2D eigenvalue weighted by Crippen LogP contribution is -2.13. The first-order valence-corrected chi connectivity index (χ1v) is 9.14. The van der Waals surface area contributed by atoms with E-state index in [2.05, 4.69) is 5.32 Å². The van der Waals surface area contributed by atoms with Gasteiger partial charge in [0.15, 0.2) is 5.43 Å². The van der Waals surface area contributed by atoms with Gasteiger partial charge in [-0.05, 0) is 55.0 Å². The van der Waals surface area contributed by atoms with Crippen molar-refractivity contribution in [2.75, 3.05) is 12.4 Å². The molecule has 0 bridgehead atoms. The van der Waals surface area contributed by atoms with Crippen molar-refractivity contribution in [3.63, 3.8) is 0 Å². The molecule has 5 nitrogen and oxygen atoms in total. The lowest BCUT2D eigenvalue weighted by molar-refractivity contribution is 0.102. The Hall–Kier alpha value is -3.86. The highest BCUT2D eigenvalue weighted by molar-refractivity contribution is 6.05. The second-order valence-electron chi connectivity index (χ2n) is 6.68. The zero-order chi connectivity index (χ0) is 20.4. The normalized spacial score (nSPS) is 10.7. The average molecular weight is 385 g/mol. The number of carbonyl (C=O) groups excluding carboxylic acids is 1. The van der Waals surface area contributed by atoms with E-state index in [0.717, 1.165) is 16.9 Å². The molecule has 0 radical (unpaired) electrons. The van der Waals surface area contributed by atoms with Crippen LogP contribution in [0.2, 0.25) is 0 Å². The van der Waals surface area contributed by atoms with Crippen LogP contribution in [0.3, 0.4) is 0 Å². The molecule has 1 aromatic heterocycles. The quantitative estimate of drug-likeness (QED) is 0.535. The van der Waals surface area contributed by atoms with Gasteiger partial charge in [-0.25, -0.2) is 0 Å². The van der Waals surface area contributed by atoms with E-state index in [9.17, 15) is 9.59 Å². The van der Waals surface area contributed by atoms with Crippen molar-refractivity contribution in [1.29, 1.82) is 0 Å². The van der Waals surface area contributed by atoms with E-state index in [-0.39, 0.29) is 11.3 Å². The van der Waals surface area contributed by atoms with Crippen molar-refractivity contribution in [1.82, 2.24) is 0 Å². The maximum Gasteiger partial charge on any atom is 0.255 e. The summed E-state index contributed by atoms with van der Waals surface area (Å²) in [5, 5.41) is 3.32. The topological polar surface area (TPSA) is 68.5 Å². The summed E-state index contributed by atoms with van der Waals surface area (Å²) < 4.78 is 11.1. The van der Waals surface area contributed by atoms with Crippen LogP contribution < -0.4 is 15.5 Å². The number of hydrogen-bond donors (Lipinski definition) is 1. The summed E-state index contributed by atoms with van der Waals surface area (Å²) in [5.41, 5.74) is 3.07. The van der Waals surface area contributed by atoms with Gasteiger partial charge in [-0.2, -0.15) is 0 Å². The number of fused-ring (bicyclic) bond motifs is 1. The predicted molar refractivity (Wildman–Crippen MR) is 114 cm³/mol. The molecule has 0 aliphatic carbocycles. The second kappa shape index (κ2) is 7.64. The first-order valence-electron chi connectivity index (χ1n) is 9.14. The number of methoxy groups -OCH3 is 1. The number of benzene rings is 3. The number of aryl methyl sites for hydroxylation is 1. The van der Waals surface area contributed by atoms with Crippen LogP contribution in [-0.4, -0.2) is 13.0 Å². The Kier molecular flexibility index (Phi) is 4.87. The van der Waals surface area contributed by atoms with Gasteiger partial charge in [0.25, 0.3) is 5.91 Å². The number of rotatable bonds is 4. The molecule has 0 fully saturated rings. The Morgan fingerprint density at radius 1 is 0.966 bits per heavy atom. The van der Waals surface area contributed by atoms with Gasteiger partial charge in [0.05, 0.1) is 12.5 Å². The van der Waals surface area contributed by atoms with E-state index >= 15 is 0 Å². The smallest absolute Gasteiger partial charge is 0.255 e. The summed E-state index contributed by atoms with van der Waals surface area (Å²) in [5.74, 6) is 0.960. The third-order valence-electron chi connectivity index (χ3n) is 4.75. The molecule has 1 N–H and O–H groups in total. The molecule has 144 valence electrons. The van der Waals surface area contributed by atoms with Crippen LogP contribution in [0.5, 0.6) is 5.75 Å². The van der Waals surface area contributed by atoms with Gasteiger partial charge in [0.1, 0.15) is 17.1 Å². The zero-order valence-corrected chi connectivity index (χ0v) is 16.1. The van der Waals surface area contributed by atoms with Crippen LogP contribution >= 0.6 is 0 Å². The predicted octanol–water partition coefficient (Wildman–Crippen LogP) is 5.03. The third kappa shape index (κ3) is 3.75. The van der Waals surface area contributed by atoms with E-state index in [0.29, 0.717) is 28.0 Å². The van der Waals surface area contributed by atoms with Gasteiger partial charge < -0.3 is 14.5 Å². The molecule has 4 aromatic rings. The van der Waals surface area contributed by atoms with Gasteiger partial charge in [0, 0.05) is 28.9 Å². The van der Waals surface area contributed by atoms with Gasteiger partial charge in [-0.3, -0.25) is 9.59 Å². The van der Waals surface area contributed by atoms with Gasteiger partial charge in [-0.1, -0.05) is 18.2 Å². The minimum atomic E-state index is -0.212. The van der Waals surface area contributed by atoms with E-state index in [1.165, 1.54) is 6.07 Å². The molecule has 3 aromatic carbocycles. The maximum atomic E-state index is 12.6. The van der Waals surface area contributed by atoms with Crippen molar-refractivity contribution in [2.45, 2.75) is 6.92 Å². The minimum absolute atomic E-state index is 0.145. The summed E-state index contributed by atoms with van der Waals surface area (Å²) in [4.78, 5) is 25.1. The largest absolute Gasteiger partial charge is 0.497 e. The third-order valence-corrected chi connectivity index (χ3v) is 4.75. The SMILES string of the molecule is COc1ccc(-c2cc(=O)c3ccc(NC(=O)c4ccccc4C)cc3o2)cc1. The fraction of sp³-hybridized carbons (Fsp3) is 0.0833. The lowest BCUT2D eigenvalue weighted by Gasteiger charge is -2.09. The Labute approximate surface area is 167 Å². The Morgan fingerprint density at radius 2 is 1.72 bits per heavy atom. The first kappa shape index (κ1) is 18.5. The first-order chi connectivity index (χ1) is 14.0. The van der Waals surface area contributed by atoms with Crippen molar-refractivity contribution in [3.05, 3.63) is 94.1 Å². The van der Waals surface area contributed by atoms with Crippen molar-refractivity contribution in [3.8, 4) is 17.1 Å². The van der Waals surface area contributed by atoms with Gasteiger partial charge in [-0.15, -0.1) is 0 Å². The molecule has 1 amide bonds. The maximum absolute atomic E-state index is 12.6. The van der Waals surface area contributed by atoms with E-state index in [4.69, 9.17) is 9.15 Å². The Balaban J connectivity index is 1.70. The highest BCUT2D eigenvalue weighted by Crippen LogP contribution is 2.26. The van der Waals surface area contributed by atoms with Gasteiger partial charge in [0.2, 0.25) is 0 Å². The molecule has 0 aliphatic heterocycles. The standard InChI is InChI=1S/C24H19NO4/c1-15-5-3-4-6-19(15)24(27)25-17-9-12-20-21(26)14-22(29-23(20)13-17)16-7-10-18(28-2)11-8-16/h3-14H,1-2H3,(H,25,27). The van der Waals surface area contributed by atoms with Gasteiger partial charge >= 0.3 is 0 Å². The Morgan fingerprint density at radius 3 is 2.45 bits per heavy atom. The molecule has 0 spiro atoms. The molecular weight excluding hydrogens is 366 g/mol. The number of hydrogen-bond acceptors (Lipinski definition) is 4. The fourth-order valence-electron chi connectivity index (χ4n) is 3.16. The summed E-state index contributed by atoms with van der Waals surface area (Å²) in [7, 11) is 1.60. The molecule has 1 heterocycles. The molecule has 0 atom stereocenters. The number of anilines is 1. The molecule has 29 heavy (non-hydrogen) atoms. The van der Waals surface area contributed by atoms with Crippen LogP contribution in [0, 0.1) is 6.92 Å². The van der Waals surface area contributed by atoms with E-state index < -0.39 is 0 Å². The van der Waals surface area contributed by atoms with Crippen molar-refractivity contribution in [2.24, 2.45) is 0 Å². The summed E-state index contributed by atoms with van der Waals surface area (Å²) in [6, 6.07) is 21.1. The molecule has 0 aliphatic rings. The average Bonchev–Trinajstić information content (AvgIpc) is 2.73. The summed E-state index contributed by atoms with van der Waals surface area (Å²) in [6.45, 7) is 1.88. The minimum Gasteiger partial charge on any atom is -0.497 e. The van der Waals surface area contributed by atoms with E-state index in [1.54, 1.807) is 43.5 Å². The van der Waals surface area contributed by atoms with Crippen LogP contribution in [0.15, 0.2) is 82.0 Å². The van der Waals surface area contributed by atoms with Crippen LogP contribution in [0.1, 0.15) is 15.9 Å². The number of ether oxygens (including phenoxy) is 1. The molecule has 5 heteroatoms. The molecular formula is C24H19NO4. The number of amides is 1. The molecule has 0 saturated heterocycles. The van der Waals surface area contributed by atoms with Crippen LogP contribution in [0.4, 0.5) is 5.69 Å². The van der Waals surface area contributed by atoms with Crippen LogP contribution in [0.25, 0.3) is 22.3 Å². The Bertz CT molecular complexity index is 1260. The number of nitrogens with one attached hydrogen (secondary N) is 1. The monoisotopic (exact) mass is 385 g/mol. The zero-order valence-electron chi connectivity index (χ0n) is 16.1. The van der Waals surface area contributed by atoms with Crippen molar-refractivity contribution >= 4 is 22.6 Å². The molecule has 0 saturated carbocycles. The second-order valence-corrected chi connectivity index (χ2v) is 6.68. The van der Waals surface area contributed by atoms with Crippen molar-refractivity contribution < 1.29 is 13.9 Å². The summed E-state index contributed by atoms with van der Waals surface area (Å²) in [6.07, 6.45) is 0. The van der Waals surface area contributed by atoms with E-state index in [1.807, 2.05) is 37.3 Å². The van der Waals surface area contributed by atoms with Crippen LogP contribution in [-0.2, 0) is 0 Å². The highest BCUT2D eigenvalue weighted by atomic mass is 16.5. The summed E-state index contributed by atoms with van der Waals surface area (Å²) >= 11 is 0. The molecule has 0 unspecified atom stereocenters. The lowest BCUT2D eigenvalue weighted by atomic mass is 10.1. The fourth-order valence-corrected chi connectivity index (χ4v) is 3.16. The number of carbonyl (C=O) groups is 1.